The monoisotopic (exact) mass is 137 g/mol. The summed E-state index contributed by atoms with van der Waals surface area (Å²) in [6.45, 7) is 0. The second kappa shape index (κ2) is 2.40. The zero-order valence-electron chi connectivity index (χ0n) is 5.88. The molecule has 0 spiro atoms. The molecule has 1 heterocycles. The number of nitrogens with zero attached hydrogens (tertiary/aromatic N) is 2. The van der Waals surface area contributed by atoms with Gasteiger partial charge in [-0.2, -0.15) is 0 Å². The lowest BCUT2D eigenvalue weighted by Crippen LogP contribution is -1.86. The summed E-state index contributed by atoms with van der Waals surface area (Å²) in [6.07, 6.45) is 7.13. The van der Waals surface area contributed by atoms with Crippen LogP contribution in [0.5, 0.6) is 0 Å². The zero-order chi connectivity index (χ0) is 6.81. The summed E-state index contributed by atoms with van der Waals surface area (Å²) in [5, 5.41) is 10.3. The lowest BCUT2D eigenvalue weighted by Gasteiger charge is -1.90. The van der Waals surface area contributed by atoms with Gasteiger partial charge in [-0.25, -0.2) is 0 Å². The first-order valence-electron chi connectivity index (χ1n) is 3.80. The van der Waals surface area contributed by atoms with Crippen molar-refractivity contribution in [2.75, 3.05) is 0 Å². The molecule has 2 rings (SSSR count). The Hall–Kier alpha value is -0.860. The van der Waals surface area contributed by atoms with E-state index < -0.39 is 0 Å². The van der Waals surface area contributed by atoms with Crippen molar-refractivity contribution in [3.63, 3.8) is 0 Å². The van der Waals surface area contributed by atoms with Gasteiger partial charge in [0.25, 0.3) is 0 Å². The predicted octanol–water partition coefficient (Wildman–Crippen LogP) is 1.15. The molecule has 10 heavy (non-hydrogen) atoms. The van der Waals surface area contributed by atoms with Crippen LogP contribution in [0.3, 0.4) is 0 Å². The number of hydrogen-bond acceptors (Lipinski definition) is 2. The van der Waals surface area contributed by atoms with Crippen LogP contribution in [0, 0.1) is 5.92 Å². The highest BCUT2D eigenvalue weighted by Gasteiger charge is 2.20. The van der Waals surface area contributed by atoms with Crippen LogP contribution >= 0.6 is 0 Å². The van der Waals surface area contributed by atoms with Crippen LogP contribution in [0.1, 0.15) is 25.0 Å². The molecule has 1 saturated carbocycles. The fraction of sp³-hybridized carbons (Fsp3) is 0.714. The molecule has 0 aliphatic heterocycles. The van der Waals surface area contributed by atoms with Crippen LogP contribution in [0.4, 0.5) is 0 Å². The molecule has 0 unspecified atom stereocenters. The summed E-state index contributed by atoms with van der Waals surface area (Å²) in [7, 11) is 0. The van der Waals surface area contributed by atoms with E-state index in [4.69, 9.17) is 0 Å². The maximum atomic E-state index is 3.91. The molecule has 1 fully saturated rings. The maximum Gasteiger partial charge on any atom is 0.0824 e. The van der Waals surface area contributed by atoms with Crippen LogP contribution in [0.2, 0.25) is 0 Å². The van der Waals surface area contributed by atoms with Gasteiger partial charge in [0.15, 0.2) is 0 Å². The maximum absolute atomic E-state index is 3.91. The lowest BCUT2D eigenvalue weighted by atomic mass is 10.2. The summed E-state index contributed by atoms with van der Waals surface area (Å²) in [6, 6.07) is 0. The molecule has 0 atom stereocenters. The van der Waals surface area contributed by atoms with Gasteiger partial charge in [-0.3, -0.25) is 5.10 Å². The van der Waals surface area contributed by atoms with E-state index in [0.717, 1.165) is 18.0 Å². The Morgan fingerprint density at radius 2 is 2.50 bits per heavy atom. The first-order chi connectivity index (χ1) is 4.95. The largest absolute Gasteiger partial charge is 0.265 e. The number of H-pyrrole nitrogens is 1. The van der Waals surface area contributed by atoms with Crippen LogP contribution < -0.4 is 0 Å². The molecule has 1 N–H and O–H groups in total. The van der Waals surface area contributed by atoms with Crippen LogP contribution in [-0.4, -0.2) is 15.4 Å². The molecule has 0 saturated heterocycles. The van der Waals surface area contributed by atoms with Crippen molar-refractivity contribution < 1.29 is 0 Å². The van der Waals surface area contributed by atoms with Gasteiger partial charge in [-0.05, 0) is 18.8 Å². The third-order valence-electron chi connectivity index (χ3n) is 1.97. The number of rotatable bonds is 3. The number of nitrogens with one attached hydrogen (secondary N) is 1. The number of aromatic amines is 1. The summed E-state index contributed by atoms with van der Waals surface area (Å²) in [5.41, 5.74) is 1.10. The van der Waals surface area contributed by atoms with E-state index in [9.17, 15) is 0 Å². The minimum atomic E-state index is 0.997. The molecule has 0 amide bonds. The van der Waals surface area contributed by atoms with E-state index in [0.29, 0.717) is 0 Å². The average Bonchev–Trinajstić information content (AvgIpc) is 2.63. The Kier molecular flexibility index (Phi) is 1.42. The third-order valence-corrected chi connectivity index (χ3v) is 1.97. The summed E-state index contributed by atoms with van der Waals surface area (Å²) < 4.78 is 0. The molecule has 54 valence electrons. The van der Waals surface area contributed by atoms with Gasteiger partial charge < -0.3 is 0 Å². The topological polar surface area (TPSA) is 41.6 Å². The van der Waals surface area contributed by atoms with Crippen molar-refractivity contribution in [2.45, 2.75) is 25.7 Å². The highest BCUT2D eigenvalue weighted by atomic mass is 15.3. The molecule has 3 nitrogen and oxygen atoms in total. The molecule has 3 heteroatoms. The normalized spacial score (nSPS) is 17.6. The van der Waals surface area contributed by atoms with Crippen molar-refractivity contribution in [1.29, 1.82) is 0 Å². The first-order valence-corrected chi connectivity index (χ1v) is 3.80. The van der Waals surface area contributed by atoms with Crippen molar-refractivity contribution in [3.05, 3.63) is 11.9 Å². The zero-order valence-corrected chi connectivity index (χ0v) is 5.88. The van der Waals surface area contributed by atoms with Crippen LogP contribution in [0.25, 0.3) is 0 Å². The fourth-order valence-electron chi connectivity index (χ4n) is 1.11. The molecule has 1 aromatic heterocycles. The first kappa shape index (κ1) is 5.89. The minimum Gasteiger partial charge on any atom is -0.265 e. The molecule has 1 aliphatic carbocycles. The standard InChI is InChI=1S/C7H11N3/c1-2-6(1)3-4-7-5-8-10-9-7/h5-6H,1-4H2,(H,8,9,10). The average molecular weight is 137 g/mol. The number of hydrogen-bond donors (Lipinski definition) is 1. The molecule has 1 aromatic rings. The molecule has 0 aromatic carbocycles. The summed E-state index contributed by atoms with van der Waals surface area (Å²) >= 11 is 0. The van der Waals surface area contributed by atoms with Gasteiger partial charge >= 0.3 is 0 Å². The molecule has 1 aliphatic rings. The van der Waals surface area contributed by atoms with E-state index >= 15 is 0 Å². The Bertz CT molecular complexity index is 189. The smallest absolute Gasteiger partial charge is 0.0824 e. The Morgan fingerprint density at radius 3 is 3.10 bits per heavy atom. The Balaban J connectivity index is 1.79. The van der Waals surface area contributed by atoms with Crippen molar-refractivity contribution >= 4 is 0 Å². The quantitative estimate of drug-likeness (QED) is 0.679. The molecular weight excluding hydrogens is 126 g/mol. The predicted molar refractivity (Wildman–Crippen MR) is 37.4 cm³/mol. The van der Waals surface area contributed by atoms with Crippen LogP contribution in [0.15, 0.2) is 6.20 Å². The van der Waals surface area contributed by atoms with Crippen LogP contribution in [-0.2, 0) is 6.42 Å². The molecular formula is C7H11N3. The van der Waals surface area contributed by atoms with E-state index in [2.05, 4.69) is 15.4 Å². The van der Waals surface area contributed by atoms with Gasteiger partial charge in [0, 0.05) is 6.20 Å². The van der Waals surface area contributed by atoms with Crippen molar-refractivity contribution in [3.8, 4) is 0 Å². The van der Waals surface area contributed by atoms with E-state index in [-0.39, 0.29) is 0 Å². The van der Waals surface area contributed by atoms with Gasteiger partial charge in [-0.15, -0.1) is 5.10 Å². The number of aromatic nitrogens is 3. The highest BCUT2D eigenvalue weighted by Crippen LogP contribution is 2.33. The Labute approximate surface area is 59.8 Å². The SMILES string of the molecule is c1[nH]nnc1CCC1CC1. The van der Waals surface area contributed by atoms with Gasteiger partial charge in [0.05, 0.1) is 5.69 Å². The third kappa shape index (κ3) is 1.35. The van der Waals surface area contributed by atoms with E-state index in [1.165, 1.54) is 19.3 Å². The van der Waals surface area contributed by atoms with Gasteiger partial charge in [0.2, 0.25) is 0 Å². The summed E-state index contributed by atoms with van der Waals surface area (Å²) in [4.78, 5) is 0. The molecule has 0 radical (unpaired) electrons. The van der Waals surface area contributed by atoms with Crippen molar-refractivity contribution in [2.24, 2.45) is 5.92 Å². The number of aryl methyl sites for hydroxylation is 1. The minimum absolute atomic E-state index is 0.997. The van der Waals surface area contributed by atoms with E-state index in [1.54, 1.807) is 0 Å². The molecule has 0 bridgehead atoms. The lowest BCUT2D eigenvalue weighted by molar-refractivity contribution is 0.711. The van der Waals surface area contributed by atoms with Gasteiger partial charge in [0.1, 0.15) is 0 Å². The fourth-order valence-corrected chi connectivity index (χ4v) is 1.11. The highest BCUT2D eigenvalue weighted by molar-refractivity contribution is 4.92. The summed E-state index contributed by atoms with van der Waals surface area (Å²) in [5.74, 6) is 0.997. The second-order valence-electron chi connectivity index (χ2n) is 2.95. The van der Waals surface area contributed by atoms with Gasteiger partial charge in [-0.1, -0.05) is 18.1 Å². The van der Waals surface area contributed by atoms with Crippen molar-refractivity contribution in [1.82, 2.24) is 15.4 Å². The van der Waals surface area contributed by atoms with E-state index in [1.807, 2.05) is 6.20 Å². The Morgan fingerprint density at radius 1 is 1.60 bits per heavy atom. The second-order valence-corrected chi connectivity index (χ2v) is 2.95.